The average molecular weight is 563 g/mol. The van der Waals surface area contributed by atoms with Crippen LogP contribution in [0.15, 0.2) is 73.1 Å². The lowest BCUT2D eigenvalue weighted by atomic mass is 9.91. The van der Waals surface area contributed by atoms with Gasteiger partial charge in [-0.05, 0) is 71.5 Å². The van der Waals surface area contributed by atoms with E-state index < -0.39 is 0 Å². The minimum Gasteiger partial charge on any atom is -0.395 e. The van der Waals surface area contributed by atoms with E-state index in [1.54, 1.807) is 9.03 Å². The predicted octanol–water partition coefficient (Wildman–Crippen LogP) is 3.55. The highest BCUT2D eigenvalue weighted by atomic mass is 16.3. The first-order valence-electron chi connectivity index (χ1n) is 14.1. The minimum absolute atomic E-state index is 0.107. The third-order valence-electron chi connectivity index (χ3n) is 7.48. The summed E-state index contributed by atoms with van der Waals surface area (Å²) in [4.78, 5) is 9.69. The fourth-order valence-electron chi connectivity index (χ4n) is 5.26. The van der Waals surface area contributed by atoms with Crippen LogP contribution in [0.2, 0.25) is 0 Å². The third-order valence-corrected chi connectivity index (χ3v) is 7.48. The van der Waals surface area contributed by atoms with Crippen LogP contribution in [0.4, 0.5) is 0 Å². The first kappa shape index (κ1) is 27.7. The lowest BCUT2D eigenvalue weighted by molar-refractivity contribution is 0.291. The van der Waals surface area contributed by atoms with Crippen molar-refractivity contribution in [2.75, 3.05) is 26.3 Å². The summed E-state index contributed by atoms with van der Waals surface area (Å²) in [6.07, 6.45) is 3.84. The van der Waals surface area contributed by atoms with Crippen LogP contribution >= 0.6 is 0 Å². The monoisotopic (exact) mass is 562 g/mol. The van der Waals surface area contributed by atoms with Crippen LogP contribution in [0, 0.1) is 13.8 Å². The number of aliphatic hydroxyl groups excluding tert-OH is 2. The summed E-state index contributed by atoms with van der Waals surface area (Å²) in [7, 11) is 0. The maximum atomic E-state index is 9.03. The number of aromatic nitrogens is 6. The zero-order chi connectivity index (χ0) is 29.1. The predicted molar refractivity (Wildman–Crippen MR) is 163 cm³/mol. The molecule has 0 aliphatic rings. The molecule has 4 N–H and O–H groups in total. The molecule has 2 aromatic carbocycles. The number of hydrogen-bond acceptors (Lipinski definition) is 8. The Kier molecular flexibility index (Phi) is 8.02. The second-order valence-corrected chi connectivity index (χ2v) is 10.3. The molecule has 0 amide bonds. The molecular weight excluding hydrogens is 528 g/mol. The number of hydrogen-bond donors (Lipinski definition) is 4. The number of benzene rings is 2. The van der Waals surface area contributed by atoms with Crippen molar-refractivity contribution in [2.24, 2.45) is 0 Å². The van der Waals surface area contributed by atoms with Crippen molar-refractivity contribution in [2.45, 2.75) is 26.9 Å². The fourth-order valence-corrected chi connectivity index (χ4v) is 5.26. The number of pyridine rings is 2. The van der Waals surface area contributed by atoms with Crippen LogP contribution < -0.4 is 10.6 Å². The second kappa shape index (κ2) is 12.2. The van der Waals surface area contributed by atoms with Crippen LogP contribution in [-0.4, -0.2) is 65.7 Å². The van der Waals surface area contributed by atoms with Crippen LogP contribution in [0.3, 0.4) is 0 Å². The first-order valence-corrected chi connectivity index (χ1v) is 14.1. The quantitative estimate of drug-likeness (QED) is 0.177. The summed E-state index contributed by atoms with van der Waals surface area (Å²) in [6.45, 7) is 6.86. The molecule has 0 saturated heterocycles. The van der Waals surface area contributed by atoms with E-state index in [0.29, 0.717) is 37.8 Å². The van der Waals surface area contributed by atoms with E-state index in [-0.39, 0.29) is 13.2 Å². The fraction of sp³-hybridized carbons (Fsp3) is 0.250. The maximum Gasteiger partial charge on any atom is 0.182 e. The van der Waals surface area contributed by atoms with Gasteiger partial charge in [-0.25, -0.2) is 19.0 Å². The van der Waals surface area contributed by atoms with Crippen LogP contribution in [0.5, 0.6) is 0 Å². The summed E-state index contributed by atoms with van der Waals surface area (Å²) in [6, 6.07) is 20.6. The molecule has 0 unspecified atom stereocenters. The maximum absolute atomic E-state index is 9.03. The number of nitrogens with zero attached hydrogens (tertiary/aromatic N) is 6. The summed E-state index contributed by atoms with van der Waals surface area (Å²) >= 11 is 0. The van der Waals surface area contributed by atoms with E-state index >= 15 is 0 Å². The number of fused-ring (bicyclic) bond motifs is 2. The molecule has 0 aliphatic carbocycles. The Balaban J connectivity index is 1.32. The van der Waals surface area contributed by atoms with Crippen LogP contribution in [-0.2, 0) is 13.1 Å². The van der Waals surface area contributed by atoms with Crippen LogP contribution in [0.25, 0.3) is 45.2 Å². The average Bonchev–Trinajstić information content (AvgIpc) is 3.61. The number of rotatable bonds is 11. The Morgan fingerprint density at radius 2 is 1.05 bits per heavy atom. The van der Waals surface area contributed by atoms with E-state index in [4.69, 9.17) is 30.4 Å². The largest absolute Gasteiger partial charge is 0.395 e. The highest BCUT2D eigenvalue weighted by Gasteiger charge is 2.17. The Labute approximate surface area is 243 Å². The molecule has 6 rings (SSSR count). The van der Waals surface area contributed by atoms with Gasteiger partial charge in [-0.3, -0.25) is 0 Å². The van der Waals surface area contributed by atoms with Gasteiger partial charge < -0.3 is 20.8 Å². The molecule has 4 heterocycles. The van der Waals surface area contributed by atoms with Gasteiger partial charge >= 0.3 is 0 Å². The standard InChI is InChI=1S/C32H34N8O2/c1-21-25(5-3-7-27(21)31-35-29-17-23(19-33-11-15-41)9-13-39(29)37-31)26-6-4-8-28(22(26)2)32-36-30-18-24(20-34-12-16-42)10-14-40(30)38-32/h3-10,13-14,17-18,33-34,41-42H,11-12,15-16,19-20H2,1-2H3. The highest BCUT2D eigenvalue weighted by molar-refractivity contribution is 5.81. The van der Waals surface area contributed by atoms with Crippen molar-refractivity contribution in [1.29, 1.82) is 0 Å². The Morgan fingerprint density at radius 3 is 1.48 bits per heavy atom. The van der Waals surface area contributed by atoms with Gasteiger partial charge in [-0.15, -0.1) is 10.2 Å². The smallest absolute Gasteiger partial charge is 0.182 e. The van der Waals surface area contributed by atoms with E-state index in [1.165, 1.54) is 0 Å². The van der Waals surface area contributed by atoms with Crippen molar-refractivity contribution in [1.82, 2.24) is 39.8 Å². The van der Waals surface area contributed by atoms with E-state index in [2.05, 4.69) is 60.9 Å². The van der Waals surface area contributed by atoms with Crippen molar-refractivity contribution in [3.63, 3.8) is 0 Å². The summed E-state index contributed by atoms with van der Waals surface area (Å²) in [5.74, 6) is 1.35. The van der Waals surface area contributed by atoms with Gasteiger partial charge in [0.05, 0.1) is 13.2 Å². The molecule has 214 valence electrons. The third kappa shape index (κ3) is 5.53. The molecule has 0 atom stereocenters. The topological polar surface area (TPSA) is 125 Å². The molecule has 0 aliphatic heterocycles. The second-order valence-electron chi connectivity index (χ2n) is 10.3. The molecule has 0 radical (unpaired) electrons. The molecule has 0 fully saturated rings. The van der Waals surface area contributed by atoms with Crippen molar-refractivity contribution in [3.05, 3.63) is 95.3 Å². The lowest BCUT2D eigenvalue weighted by Crippen LogP contribution is -2.17. The van der Waals surface area contributed by atoms with E-state index in [0.717, 1.165) is 55.8 Å². The summed E-state index contributed by atoms with van der Waals surface area (Å²) in [5.41, 5.74) is 10.1. The summed E-state index contributed by atoms with van der Waals surface area (Å²) < 4.78 is 3.60. The van der Waals surface area contributed by atoms with Crippen molar-refractivity contribution >= 4 is 11.3 Å². The molecule has 4 aromatic heterocycles. The van der Waals surface area contributed by atoms with Crippen molar-refractivity contribution < 1.29 is 10.2 Å². The Bertz CT molecular complexity index is 1720. The van der Waals surface area contributed by atoms with Gasteiger partial charge in [0.2, 0.25) is 0 Å². The molecule has 10 heteroatoms. The van der Waals surface area contributed by atoms with Crippen LogP contribution in [0.1, 0.15) is 22.3 Å². The minimum atomic E-state index is 0.107. The molecule has 0 spiro atoms. The van der Waals surface area contributed by atoms with E-state index in [9.17, 15) is 0 Å². The first-order chi connectivity index (χ1) is 20.6. The Hall–Kier alpha value is -4.48. The van der Waals surface area contributed by atoms with Gasteiger partial charge in [0.25, 0.3) is 0 Å². The van der Waals surface area contributed by atoms with Gasteiger partial charge in [-0.1, -0.05) is 36.4 Å². The molecular formula is C32H34N8O2. The van der Waals surface area contributed by atoms with Crippen molar-refractivity contribution in [3.8, 4) is 33.9 Å². The number of aliphatic hydroxyl groups is 2. The molecule has 10 nitrogen and oxygen atoms in total. The molecule has 42 heavy (non-hydrogen) atoms. The zero-order valence-electron chi connectivity index (χ0n) is 23.7. The summed E-state index contributed by atoms with van der Waals surface area (Å²) in [5, 5.41) is 34.0. The SMILES string of the molecule is Cc1c(-c2nc3cc(CNCCO)ccn3n2)cccc1-c1cccc(-c2nc3cc(CNCCO)ccn3n2)c1C. The molecule has 6 aromatic rings. The van der Waals surface area contributed by atoms with Gasteiger partial charge in [0, 0.05) is 49.7 Å². The number of nitrogens with one attached hydrogen (secondary N) is 2. The Morgan fingerprint density at radius 1 is 0.619 bits per heavy atom. The van der Waals surface area contributed by atoms with E-state index in [1.807, 2.05) is 36.7 Å². The van der Waals surface area contributed by atoms with Gasteiger partial charge in [-0.2, -0.15) is 0 Å². The lowest BCUT2D eigenvalue weighted by Gasteiger charge is -2.14. The normalized spacial score (nSPS) is 11.6. The van der Waals surface area contributed by atoms with Gasteiger partial charge in [0.1, 0.15) is 0 Å². The zero-order valence-corrected chi connectivity index (χ0v) is 23.7. The van der Waals surface area contributed by atoms with Gasteiger partial charge in [0.15, 0.2) is 22.9 Å². The molecule has 0 bridgehead atoms. The highest BCUT2D eigenvalue weighted by Crippen LogP contribution is 2.35. The molecule has 0 saturated carbocycles.